The summed E-state index contributed by atoms with van der Waals surface area (Å²) in [7, 11) is 1.68. The molecule has 18 heavy (non-hydrogen) atoms. The van der Waals surface area contributed by atoms with Gasteiger partial charge in [-0.25, -0.2) is 0 Å². The van der Waals surface area contributed by atoms with Crippen LogP contribution in [0.1, 0.15) is 43.4 Å². The number of benzene rings is 1. The van der Waals surface area contributed by atoms with Crippen LogP contribution < -0.4 is 0 Å². The maximum Gasteiger partial charge on any atom is 0.0909 e. The molecular weight excluding hydrogens is 224 g/mol. The fourth-order valence-electron chi connectivity index (χ4n) is 2.71. The Morgan fingerprint density at radius 2 is 2.06 bits per heavy atom. The van der Waals surface area contributed by atoms with E-state index in [0.29, 0.717) is 6.42 Å². The molecule has 2 heteroatoms. The lowest BCUT2D eigenvalue weighted by atomic mass is 9.90. The van der Waals surface area contributed by atoms with Crippen LogP contribution in [0.4, 0.5) is 0 Å². The first-order valence-electron chi connectivity index (χ1n) is 6.93. The fraction of sp³-hybridized carbons (Fsp3) is 0.625. The van der Waals surface area contributed by atoms with Gasteiger partial charge in [-0.05, 0) is 49.3 Å². The molecule has 2 atom stereocenters. The molecule has 0 bridgehead atoms. The van der Waals surface area contributed by atoms with Gasteiger partial charge in [-0.2, -0.15) is 0 Å². The van der Waals surface area contributed by atoms with E-state index in [2.05, 4.69) is 25.1 Å². The van der Waals surface area contributed by atoms with E-state index in [9.17, 15) is 5.11 Å². The van der Waals surface area contributed by atoms with Crippen molar-refractivity contribution in [3.8, 4) is 0 Å². The van der Waals surface area contributed by atoms with E-state index in [1.807, 2.05) is 6.92 Å². The number of aliphatic hydroxyl groups is 1. The average molecular weight is 248 g/mol. The van der Waals surface area contributed by atoms with Crippen LogP contribution in [0.15, 0.2) is 18.2 Å². The Morgan fingerprint density at radius 1 is 1.33 bits per heavy atom. The minimum absolute atomic E-state index is 0.445. The van der Waals surface area contributed by atoms with Crippen LogP contribution >= 0.6 is 0 Å². The first-order valence-corrected chi connectivity index (χ1v) is 6.93. The summed E-state index contributed by atoms with van der Waals surface area (Å²) in [5, 5.41) is 10.3. The molecule has 0 fully saturated rings. The Hall–Kier alpha value is -0.860. The molecule has 0 spiro atoms. The van der Waals surface area contributed by atoms with Gasteiger partial charge in [0.2, 0.25) is 0 Å². The van der Waals surface area contributed by atoms with Gasteiger partial charge < -0.3 is 9.84 Å². The van der Waals surface area contributed by atoms with Crippen molar-refractivity contribution in [2.75, 3.05) is 7.11 Å². The number of rotatable bonds is 5. The summed E-state index contributed by atoms with van der Waals surface area (Å²) in [5.41, 5.74) is 3.73. The van der Waals surface area contributed by atoms with Crippen molar-refractivity contribution in [2.45, 2.75) is 57.7 Å². The lowest BCUT2D eigenvalue weighted by Crippen LogP contribution is -2.42. The zero-order valence-electron chi connectivity index (χ0n) is 11.7. The van der Waals surface area contributed by atoms with Crippen LogP contribution in [0, 0.1) is 0 Å². The normalized spacial score (nSPS) is 19.3. The maximum absolute atomic E-state index is 10.3. The van der Waals surface area contributed by atoms with E-state index in [0.717, 1.165) is 6.42 Å². The molecule has 1 aromatic carbocycles. The van der Waals surface area contributed by atoms with Gasteiger partial charge in [-0.1, -0.05) is 25.1 Å². The number of aliphatic hydroxyl groups excluding tert-OH is 1. The van der Waals surface area contributed by atoms with Gasteiger partial charge in [0.05, 0.1) is 11.7 Å². The van der Waals surface area contributed by atoms with Gasteiger partial charge in [0.1, 0.15) is 0 Å². The van der Waals surface area contributed by atoms with Crippen molar-refractivity contribution >= 4 is 0 Å². The van der Waals surface area contributed by atoms with Crippen LogP contribution in [0.5, 0.6) is 0 Å². The summed E-state index contributed by atoms with van der Waals surface area (Å²) < 4.78 is 5.46. The SMILES string of the molecule is CCC(C)(OC)C(O)Cc1ccc2c(c1)CCC2. The standard InChI is InChI=1S/C16H24O2/c1-4-16(2,18-3)15(17)11-12-8-9-13-6-5-7-14(13)10-12/h8-10,15,17H,4-7,11H2,1-3H3. The second-order valence-electron chi connectivity index (χ2n) is 5.55. The highest BCUT2D eigenvalue weighted by Gasteiger charge is 2.31. The van der Waals surface area contributed by atoms with E-state index < -0.39 is 11.7 Å². The van der Waals surface area contributed by atoms with E-state index in [1.54, 1.807) is 7.11 Å². The Balaban J connectivity index is 2.09. The van der Waals surface area contributed by atoms with Crippen molar-refractivity contribution in [1.82, 2.24) is 0 Å². The molecule has 0 radical (unpaired) electrons. The Morgan fingerprint density at radius 3 is 2.72 bits per heavy atom. The zero-order valence-corrected chi connectivity index (χ0v) is 11.7. The Bertz CT molecular complexity index is 408. The number of aryl methyl sites for hydroxylation is 2. The molecule has 1 N–H and O–H groups in total. The molecule has 1 aliphatic carbocycles. The van der Waals surface area contributed by atoms with Crippen molar-refractivity contribution in [3.63, 3.8) is 0 Å². The molecule has 2 nitrogen and oxygen atoms in total. The third-order valence-electron chi connectivity index (χ3n) is 4.47. The number of fused-ring (bicyclic) bond motifs is 1. The summed E-state index contributed by atoms with van der Waals surface area (Å²) in [6.45, 7) is 4.03. The second kappa shape index (κ2) is 5.41. The van der Waals surface area contributed by atoms with Gasteiger partial charge in [0, 0.05) is 13.5 Å². The highest BCUT2D eigenvalue weighted by molar-refractivity contribution is 5.35. The molecule has 2 rings (SSSR count). The highest BCUT2D eigenvalue weighted by atomic mass is 16.5. The summed E-state index contributed by atoms with van der Waals surface area (Å²) in [6.07, 6.45) is 4.71. The molecule has 1 aromatic rings. The van der Waals surface area contributed by atoms with E-state index in [1.165, 1.54) is 36.0 Å². The highest BCUT2D eigenvalue weighted by Crippen LogP contribution is 2.26. The first-order chi connectivity index (χ1) is 8.59. The van der Waals surface area contributed by atoms with Crippen molar-refractivity contribution in [1.29, 1.82) is 0 Å². The zero-order chi connectivity index (χ0) is 13.2. The number of methoxy groups -OCH3 is 1. The molecule has 100 valence electrons. The minimum atomic E-state index is -0.452. The van der Waals surface area contributed by atoms with E-state index in [-0.39, 0.29) is 0 Å². The summed E-state index contributed by atoms with van der Waals surface area (Å²) >= 11 is 0. The first kappa shape index (κ1) is 13.6. The van der Waals surface area contributed by atoms with Crippen molar-refractivity contribution in [3.05, 3.63) is 34.9 Å². The summed E-state index contributed by atoms with van der Waals surface area (Å²) in [5.74, 6) is 0. The topological polar surface area (TPSA) is 29.5 Å². The number of ether oxygens (including phenoxy) is 1. The van der Waals surface area contributed by atoms with Gasteiger partial charge in [-0.3, -0.25) is 0 Å². The third-order valence-corrected chi connectivity index (χ3v) is 4.47. The molecule has 0 saturated carbocycles. The smallest absolute Gasteiger partial charge is 0.0909 e. The van der Waals surface area contributed by atoms with E-state index >= 15 is 0 Å². The van der Waals surface area contributed by atoms with Gasteiger partial charge in [0.15, 0.2) is 0 Å². The van der Waals surface area contributed by atoms with Crippen LogP contribution in [-0.4, -0.2) is 23.9 Å². The van der Waals surface area contributed by atoms with Crippen LogP contribution in [0.3, 0.4) is 0 Å². The van der Waals surface area contributed by atoms with Crippen LogP contribution in [0.25, 0.3) is 0 Å². The molecule has 0 saturated heterocycles. The molecule has 0 aromatic heterocycles. The number of hydrogen-bond acceptors (Lipinski definition) is 2. The average Bonchev–Trinajstić information content (AvgIpc) is 2.85. The molecule has 0 aliphatic heterocycles. The molecule has 1 aliphatic rings. The van der Waals surface area contributed by atoms with Gasteiger partial charge >= 0.3 is 0 Å². The Labute approximate surface area is 110 Å². The fourth-order valence-corrected chi connectivity index (χ4v) is 2.71. The Kier molecular flexibility index (Phi) is 4.08. The summed E-state index contributed by atoms with van der Waals surface area (Å²) in [6, 6.07) is 6.64. The van der Waals surface area contributed by atoms with E-state index in [4.69, 9.17) is 4.74 Å². The summed E-state index contributed by atoms with van der Waals surface area (Å²) in [4.78, 5) is 0. The predicted octanol–water partition coefficient (Wildman–Crippen LogP) is 2.89. The van der Waals surface area contributed by atoms with Gasteiger partial charge in [-0.15, -0.1) is 0 Å². The van der Waals surface area contributed by atoms with Gasteiger partial charge in [0.25, 0.3) is 0 Å². The maximum atomic E-state index is 10.3. The van der Waals surface area contributed by atoms with Crippen molar-refractivity contribution < 1.29 is 9.84 Å². The van der Waals surface area contributed by atoms with Crippen LogP contribution in [-0.2, 0) is 24.0 Å². The monoisotopic (exact) mass is 248 g/mol. The number of hydrogen-bond donors (Lipinski definition) is 1. The minimum Gasteiger partial charge on any atom is -0.390 e. The second-order valence-corrected chi connectivity index (χ2v) is 5.55. The van der Waals surface area contributed by atoms with Crippen LogP contribution in [0.2, 0.25) is 0 Å². The lowest BCUT2D eigenvalue weighted by Gasteiger charge is -2.32. The third kappa shape index (κ3) is 2.60. The molecule has 0 heterocycles. The largest absolute Gasteiger partial charge is 0.390 e. The molecule has 2 unspecified atom stereocenters. The van der Waals surface area contributed by atoms with Crippen molar-refractivity contribution in [2.24, 2.45) is 0 Å². The lowest BCUT2D eigenvalue weighted by molar-refractivity contribution is -0.0914. The predicted molar refractivity (Wildman–Crippen MR) is 73.9 cm³/mol. The molecule has 0 amide bonds. The molecular formula is C16H24O2. The quantitative estimate of drug-likeness (QED) is 0.868.